The maximum absolute atomic E-state index is 3.83. The largest absolute Gasteiger partial charge is 0.133 e. The van der Waals surface area contributed by atoms with E-state index in [-0.39, 0.29) is 0 Å². The van der Waals surface area contributed by atoms with E-state index in [9.17, 15) is 0 Å². The van der Waals surface area contributed by atoms with Crippen LogP contribution in [-0.4, -0.2) is 0 Å². The van der Waals surface area contributed by atoms with Crippen molar-refractivity contribution in [2.75, 3.05) is 0 Å². The van der Waals surface area contributed by atoms with E-state index in [1.54, 1.807) is 0 Å². The number of thiophene rings is 1. The summed E-state index contributed by atoms with van der Waals surface area (Å²) >= 11 is 5.31. The fourth-order valence-electron chi connectivity index (χ4n) is 1.14. The normalized spacial score (nSPS) is 10.5. The van der Waals surface area contributed by atoms with Gasteiger partial charge in [-0.3, -0.25) is 0 Å². The lowest BCUT2D eigenvalue weighted by molar-refractivity contribution is 0.690. The third-order valence-electron chi connectivity index (χ3n) is 1.80. The molecule has 1 aromatic heterocycles. The second-order valence-corrected chi connectivity index (χ2v) is 5.42. The van der Waals surface area contributed by atoms with Crippen LogP contribution in [0.2, 0.25) is 0 Å². The molecule has 0 unspecified atom stereocenters. The van der Waals surface area contributed by atoms with Crippen molar-refractivity contribution in [3.63, 3.8) is 0 Å². The van der Waals surface area contributed by atoms with E-state index >= 15 is 0 Å². The molecule has 0 aromatic carbocycles. The van der Waals surface area contributed by atoms with E-state index < -0.39 is 0 Å². The van der Waals surface area contributed by atoms with Crippen LogP contribution in [-0.2, 0) is 6.42 Å². The minimum Gasteiger partial charge on any atom is -0.133 e. The van der Waals surface area contributed by atoms with Crippen LogP contribution in [0, 0.1) is 6.92 Å². The molecule has 12 heavy (non-hydrogen) atoms. The summed E-state index contributed by atoms with van der Waals surface area (Å²) < 4.78 is 1.25. The Balaban J connectivity index is 2.15. The van der Waals surface area contributed by atoms with Gasteiger partial charge in [-0.1, -0.05) is 26.2 Å². The van der Waals surface area contributed by atoms with Crippen LogP contribution in [0.15, 0.2) is 15.9 Å². The van der Waals surface area contributed by atoms with Crippen LogP contribution in [0.1, 0.15) is 30.6 Å². The topological polar surface area (TPSA) is 0 Å². The van der Waals surface area contributed by atoms with Gasteiger partial charge in [-0.15, -0.1) is 11.3 Å². The SMILES string of the molecule is [CH2]CCCCCc1ccc(Br)s1. The van der Waals surface area contributed by atoms with Crippen molar-refractivity contribution < 1.29 is 0 Å². The molecule has 0 saturated heterocycles. The van der Waals surface area contributed by atoms with Crippen molar-refractivity contribution in [2.45, 2.75) is 32.1 Å². The van der Waals surface area contributed by atoms with E-state index in [1.807, 2.05) is 11.3 Å². The molecule has 0 aliphatic rings. The fraction of sp³-hybridized carbons (Fsp3) is 0.500. The Hall–Kier alpha value is 0.180. The van der Waals surface area contributed by atoms with Gasteiger partial charge in [0.05, 0.1) is 3.79 Å². The molecule has 1 rings (SSSR count). The maximum atomic E-state index is 3.83. The van der Waals surface area contributed by atoms with Gasteiger partial charge in [0.15, 0.2) is 0 Å². The van der Waals surface area contributed by atoms with Gasteiger partial charge in [-0.2, -0.15) is 0 Å². The van der Waals surface area contributed by atoms with Crippen LogP contribution >= 0.6 is 27.3 Å². The number of hydrogen-bond acceptors (Lipinski definition) is 1. The van der Waals surface area contributed by atoms with Crippen molar-refractivity contribution >= 4 is 27.3 Å². The Labute approximate surface area is 87.1 Å². The van der Waals surface area contributed by atoms with Crippen molar-refractivity contribution in [3.8, 4) is 0 Å². The average molecular weight is 246 g/mol. The van der Waals surface area contributed by atoms with Crippen molar-refractivity contribution in [3.05, 3.63) is 27.7 Å². The van der Waals surface area contributed by atoms with Crippen molar-refractivity contribution in [1.82, 2.24) is 0 Å². The first-order valence-corrected chi connectivity index (χ1v) is 5.97. The molecule has 0 spiro atoms. The minimum atomic E-state index is 1.08. The Bertz CT molecular complexity index is 217. The van der Waals surface area contributed by atoms with Crippen LogP contribution < -0.4 is 0 Å². The zero-order valence-corrected chi connectivity index (χ0v) is 9.59. The number of unbranched alkanes of at least 4 members (excludes halogenated alkanes) is 3. The molecular formula is C10H14BrS. The summed E-state index contributed by atoms with van der Waals surface area (Å²) in [6, 6.07) is 4.33. The molecule has 2 heteroatoms. The monoisotopic (exact) mass is 245 g/mol. The Kier molecular flexibility index (Phi) is 4.93. The highest BCUT2D eigenvalue weighted by atomic mass is 79.9. The lowest BCUT2D eigenvalue weighted by atomic mass is 10.1. The van der Waals surface area contributed by atoms with E-state index in [0.29, 0.717) is 0 Å². The van der Waals surface area contributed by atoms with E-state index in [4.69, 9.17) is 0 Å². The second-order valence-electron chi connectivity index (χ2n) is 2.87. The summed E-state index contributed by atoms with van der Waals surface area (Å²) in [5.41, 5.74) is 0. The molecule has 0 nitrogen and oxygen atoms in total. The average Bonchev–Trinajstić information content (AvgIpc) is 2.45. The number of halogens is 1. The van der Waals surface area contributed by atoms with Crippen LogP contribution in [0.3, 0.4) is 0 Å². The smallest absolute Gasteiger partial charge is 0.0701 e. The van der Waals surface area contributed by atoms with Gasteiger partial charge >= 0.3 is 0 Å². The summed E-state index contributed by atoms with van der Waals surface area (Å²) in [5, 5.41) is 0. The molecule has 0 aliphatic heterocycles. The van der Waals surface area contributed by atoms with Crippen LogP contribution in [0.5, 0.6) is 0 Å². The van der Waals surface area contributed by atoms with E-state index in [2.05, 4.69) is 35.0 Å². The van der Waals surface area contributed by atoms with Gasteiger partial charge in [0.25, 0.3) is 0 Å². The molecule has 0 atom stereocenters. The first-order valence-electron chi connectivity index (χ1n) is 4.36. The summed E-state index contributed by atoms with van der Waals surface area (Å²) in [4.78, 5) is 1.49. The highest BCUT2D eigenvalue weighted by Crippen LogP contribution is 2.23. The van der Waals surface area contributed by atoms with Gasteiger partial charge in [0.1, 0.15) is 0 Å². The molecule has 1 aromatic rings. The van der Waals surface area contributed by atoms with Crippen molar-refractivity contribution in [2.24, 2.45) is 0 Å². The van der Waals surface area contributed by atoms with Crippen LogP contribution in [0.4, 0.5) is 0 Å². The molecule has 0 N–H and O–H groups in total. The number of rotatable bonds is 5. The predicted octanol–water partition coefficient (Wildman–Crippen LogP) is 4.45. The highest BCUT2D eigenvalue weighted by molar-refractivity contribution is 9.11. The van der Waals surface area contributed by atoms with Gasteiger partial charge < -0.3 is 0 Å². The standard InChI is InChI=1S/C10H14BrS/c1-2-3-4-5-6-9-7-8-10(11)12-9/h7-8H,1-6H2. The lowest BCUT2D eigenvalue weighted by Crippen LogP contribution is -1.80. The molecule has 0 fully saturated rings. The number of hydrogen-bond donors (Lipinski definition) is 0. The lowest BCUT2D eigenvalue weighted by Gasteiger charge is -1.95. The van der Waals surface area contributed by atoms with E-state index in [1.165, 1.54) is 34.3 Å². The third kappa shape index (κ3) is 3.72. The third-order valence-corrected chi connectivity index (χ3v) is 3.49. The highest BCUT2D eigenvalue weighted by Gasteiger charge is 1.96. The van der Waals surface area contributed by atoms with E-state index in [0.717, 1.165) is 6.42 Å². The fourth-order valence-corrected chi connectivity index (χ4v) is 2.66. The quantitative estimate of drug-likeness (QED) is 0.673. The molecule has 67 valence electrons. The summed E-state index contributed by atoms with van der Waals surface area (Å²) in [7, 11) is 0. The Morgan fingerprint density at radius 1 is 1.25 bits per heavy atom. The van der Waals surface area contributed by atoms with Gasteiger partial charge in [0, 0.05) is 4.88 Å². The first kappa shape index (κ1) is 10.3. The second kappa shape index (κ2) is 5.76. The number of aryl methyl sites for hydroxylation is 1. The predicted molar refractivity (Wildman–Crippen MR) is 59.5 cm³/mol. The molecule has 1 heterocycles. The molecule has 0 amide bonds. The van der Waals surface area contributed by atoms with Gasteiger partial charge in [-0.25, -0.2) is 0 Å². The Morgan fingerprint density at radius 3 is 2.67 bits per heavy atom. The molecular weight excluding hydrogens is 232 g/mol. The minimum absolute atomic E-state index is 1.08. The summed E-state index contributed by atoms with van der Waals surface area (Å²) in [5.74, 6) is 0. The van der Waals surface area contributed by atoms with Crippen LogP contribution in [0.25, 0.3) is 0 Å². The maximum Gasteiger partial charge on any atom is 0.0701 e. The summed E-state index contributed by atoms with van der Waals surface area (Å²) in [6.45, 7) is 3.83. The van der Waals surface area contributed by atoms with Gasteiger partial charge in [0.2, 0.25) is 0 Å². The van der Waals surface area contributed by atoms with Crippen molar-refractivity contribution in [1.29, 1.82) is 0 Å². The zero-order chi connectivity index (χ0) is 8.81. The zero-order valence-electron chi connectivity index (χ0n) is 7.18. The molecule has 0 bridgehead atoms. The summed E-state index contributed by atoms with van der Waals surface area (Å²) in [6.07, 6.45) is 6.21. The Morgan fingerprint density at radius 2 is 2.08 bits per heavy atom. The molecule has 0 aliphatic carbocycles. The first-order chi connectivity index (χ1) is 5.83. The molecule has 1 radical (unpaired) electrons. The molecule has 0 saturated carbocycles. The van der Waals surface area contributed by atoms with Gasteiger partial charge in [-0.05, 0) is 40.9 Å².